The summed E-state index contributed by atoms with van der Waals surface area (Å²) >= 11 is 0. The number of aryl methyl sites for hydroxylation is 1. The van der Waals surface area contributed by atoms with Crippen molar-refractivity contribution in [1.29, 1.82) is 0 Å². The van der Waals surface area contributed by atoms with Crippen LogP contribution in [0.2, 0.25) is 0 Å². The van der Waals surface area contributed by atoms with Crippen molar-refractivity contribution >= 4 is 10.9 Å². The first-order chi connectivity index (χ1) is 13.6. The van der Waals surface area contributed by atoms with Crippen molar-refractivity contribution < 1.29 is 0 Å². The van der Waals surface area contributed by atoms with Crippen molar-refractivity contribution in [2.24, 2.45) is 14.1 Å². The van der Waals surface area contributed by atoms with Gasteiger partial charge in [-0.25, -0.2) is 9.97 Å². The number of hydrogen-bond donors (Lipinski definition) is 0. The Bertz CT molecular complexity index is 1100. The van der Waals surface area contributed by atoms with Crippen LogP contribution in [0, 0.1) is 0 Å². The standard InChI is InChI=1S/C22H27N5O/c1-25-18-11-6-5-10-17(18)24-21(25)19-12-7-13-27(19)14-20-23-16-9-4-3-8-15(16)22(28)26(20)2/h3-4,8-9,19H,5-7,10-14H2,1-2H3. The van der Waals surface area contributed by atoms with Crippen LogP contribution in [0.15, 0.2) is 29.1 Å². The van der Waals surface area contributed by atoms with E-state index in [0.29, 0.717) is 18.0 Å². The van der Waals surface area contributed by atoms with Crippen molar-refractivity contribution in [3.63, 3.8) is 0 Å². The lowest BCUT2D eigenvalue weighted by Gasteiger charge is -2.25. The average Bonchev–Trinajstić information content (AvgIpc) is 3.30. The molecular weight excluding hydrogens is 350 g/mol. The fraction of sp³-hybridized carbons (Fsp3) is 0.500. The van der Waals surface area contributed by atoms with Gasteiger partial charge in [-0.3, -0.25) is 14.3 Å². The molecule has 0 bridgehead atoms. The summed E-state index contributed by atoms with van der Waals surface area (Å²) in [5.41, 5.74) is 3.53. The number of rotatable bonds is 3. The molecule has 1 atom stereocenters. The Kier molecular flexibility index (Phi) is 4.31. The molecule has 0 amide bonds. The summed E-state index contributed by atoms with van der Waals surface area (Å²) < 4.78 is 4.05. The van der Waals surface area contributed by atoms with E-state index in [9.17, 15) is 4.79 Å². The number of hydrogen-bond acceptors (Lipinski definition) is 4. The van der Waals surface area contributed by atoms with E-state index in [1.807, 2.05) is 31.3 Å². The number of benzene rings is 1. The van der Waals surface area contributed by atoms with E-state index in [1.165, 1.54) is 30.1 Å². The molecule has 0 radical (unpaired) electrons. The highest BCUT2D eigenvalue weighted by molar-refractivity contribution is 5.77. The molecule has 1 aliphatic carbocycles. The molecule has 0 spiro atoms. The van der Waals surface area contributed by atoms with E-state index in [0.717, 1.165) is 43.6 Å². The number of aromatic nitrogens is 4. The second kappa shape index (κ2) is 6.85. The topological polar surface area (TPSA) is 56.0 Å². The van der Waals surface area contributed by atoms with Gasteiger partial charge in [0.25, 0.3) is 5.56 Å². The Balaban J connectivity index is 1.49. The Labute approximate surface area is 164 Å². The van der Waals surface area contributed by atoms with Crippen LogP contribution in [0.4, 0.5) is 0 Å². The van der Waals surface area contributed by atoms with Crippen LogP contribution in [0.25, 0.3) is 10.9 Å². The molecule has 2 aromatic heterocycles. The number of likely N-dealkylation sites (tertiary alicyclic amines) is 1. The molecule has 1 aromatic carbocycles. The van der Waals surface area contributed by atoms with Crippen LogP contribution in [0.1, 0.15) is 54.8 Å². The summed E-state index contributed by atoms with van der Waals surface area (Å²) in [6, 6.07) is 7.92. The van der Waals surface area contributed by atoms with Crippen LogP contribution in [-0.2, 0) is 33.5 Å². The lowest BCUT2D eigenvalue weighted by molar-refractivity contribution is 0.227. The third-order valence-electron chi connectivity index (χ3n) is 6.49. The van der Waals surface area contributed by atoms with Gasteiger partial charge >= 0.3 is 0 Å². The van der Waals surface area contributed by atoms with Gasteiger partial charge in [-0.05, 0) is 57.2 Å². The monoisotopic (exact) mass is 377 g/mol. The molecule has 2 aliphatic rings. The summed E-state index contributed by atoms with van der Waals surface area (Å²) in [5.74, 6) is 2.02. The summed E-state index contributed by atoms with van der Waals surface area (Å²) in [6.07, 6.45) is 7.04. The molecule has 3 aromatic rings. The molecule has 28 heavy (non-hydrogen) atoms. The van der Waals surface area contributed by atoms with Crippen LogP contribution in [0.5, 0.6) is 0 Å². The molecule has 1 saturated heterocycles. The van der Waals surface area contributed by atoms with Crippen LogP contribution >= 0.6 is 0 Å². The summed E-state index contributed by atoms with van der Waals surface area (Å²) in [7, 11) is 4.01. The van der Waals surface area contributed by atoms with Gasteiger partial charge in [-0.1, -0.05) is 12.1 Å². The first-order valence-corrected chi connectivity index (χ1v) is 10.4. The quantitative estimate of drug-likeness (QED) is 0.704. The van der Waals surface area contributed by atoms with Gasteiger partial charge in [0.05, 0.1) is 29.2 Å². The van der Waals surface area contributed by atoms with Crippen molar-refractivity contribution in [3.05, 3.63) is 57.7 Å². The molecule has 1 fully saturated rings. The normalized spacial score (nSPS) is 20.0. The van der Waals surface area contributed by atoms with Gasteiger partial charge in [0, 0.05) is 19.8 Å². The van der Waals surface area contributed by atoms with Gasteiger partial charge in [0.2, 0.25) is 0 Å². The summed E-state index contributed by atoms with van der Waals surface area (Å²) in [5, 5.41) is 0.684. The summed E-state index contributed by atoms with van der Waals surface area (Å²) in [6.45, 7) is 1.70. The second-order valence-electron chi connectivity index (χ2n) is 8.17. The minimum atomic E-state index is 0.0313. The fourth-order valence-electron chi connectivity index (χ4n) is 4.90. The highest BCUT2D eigenvalue weighted by atomic mass is 16.1. The van der Waals surface area contributed by atoms with Crippen molar-refractivity contribution in [1.82, 2.24) is 24.0 Å². The van der Waals surface area contributed by atoms with Crippen LogP contribution in [0.3, 0.4) is 0 Å². The van der Waals surface area contributed by atoms with Gasteiger partial charge in [0.15, 0.2) is 0 Å². The molecule has 6 nitrogen and oxygen atoms in total. The van der Waals surface area contributed by atoms with E-state index in [2.05, 4.69) is 16.5 Å². The highest BCUT2D eigenvalue weighted by Crippen LogP contribution is 2.34. The third-order valence-corrected chi connectivity index (χ3v) is 6.49. The maximum absolute atomic E-state index is 12.7. The number of fused-ring (bicyclic) bond motifs is 2. The number of imidazole rings is 1. The molecule has 6 heteroatoms. The molecule has 3 heterocycles. The Morgan fingerprint density at radius 2 is 1.86 bits per heavy atom. The fourth-order valence-corrected chi connectivity index (χ4v) is 4.90. The van der Waals surface area contributed by atoms with Gasteiger partial charge < -0.3 is 4.57 Å². The predicted octanol–water partition coefficient (Wildman–Crippen LogP) is 2.88. The van der Waals surface area contributed by atoms with Crippen molar-refractivity contribution in [3.8, 4) is 0 Å². The van der Waals surface area contributed by atoms with Gasteiger partial charge in [0.1, 0.15) is 11.6 Å². The Morgan fingerprint density at radius 3 is 2.71 bits per heavy atom. The first-order valence-electron chi connectivity index (χ1n) is 10.4. The minimum absolute atomic E-state index is 0.0313. The van der Waals surface area contributed by atoms with Crippen molar-refractivity contribution in [2.45, 2.75) is 51.1 Å². The maximum atomic E-state index is 12.7. The largest absolute Gasteiger partial charge is 0.334 e. The lowest BCUT2D eigenvalue weighted by Crippen LogP contribution is -2.30. The first kappa shape index (κ1) is 17.6. The van der Waals surface area contributed by atoms with E-state index in [1.54, 1.807) is 4.57 Å². The van der Waals surface area contributed by atoms with Gasteiger partial charge in [-0.2, -0.15) is 0 Å². The van der Waals surface area contributed by atoms with E-state index in [-0.39, 0.29) is 5.56 Å². The molecule has 0 saturated carbocycles. The van der Waals surface area contributed by atoms with E-state index in [4.69, 9.17) is 9.97 Å². The minimum Gasteiger partial charge on any atom is -0.334 e. The SMILES string of the molecule is Cn1c(C2CCCN2Cc2nc3ccccc3c(=O)n2C)nc2c1CCCC2. The molecule has 1 unspecified atom stereocenters. The van der Waals surface area contributed by atoms with Crippen LogP contribution in [-0.4, -0.2) is 30.5 Å². The Morgan fingerprint density at radius 1 is 1.04 bits per heavy atom. The zero-order valence-corrected chi connectivity index (χ0v) is 16.7. The van der Waals surface area contributed by atoms with Gasteiger partial charge in [-0.15, -0.1) is 0 Å². The average molecular weight is 377 g/mol. The summed E-state index contributed by atoms with van der Waals surface area (Å²) in [4.78, 5) is 25.1. The number of para-hydroxylation sites is 1. The maximum Gasteiger partial charge on any atom is 0.261 e. The van der Waals surface area contributed by atoms with E-state index < -0.39 is 0 Å². The van der Waals surface area contributed by atoms with Crippen molar-refractivity contribution in [2.75, 3.05) is 6.54 Å². The Hall–Kier alpha value is -2.47. The highest BCUT2D eigenvalue weighted by Gasteiger charge is 2.32. The third kappa shape index (κ3) is 2.78. The molecule has 0 N–H and O–H groups in total. The molecule has 1 aliphatic heterocycles. The molecule has 5 rings (SSSR count). The molecular formula is C22H27N5O. The van der Waals surface area contributed by atoms with E-state index >= 15 is 0 Å². The molecule has 146 valence electrons. The zero-order valence-electron chi connectivity index (χ0n) is 16.7. The smallest absolute Gasteiger partial charge is 0.261 e. The predicted molar refractivity (Wildman–Crippen MR) is 109 cm³/mol. The van der Waals surface area contributed by atoms with Crippen LogP contribution < -0.4 is 5.56 Å². The second-order valence-corrected chi connectivity index (χ2v) is 8.17. The zero-order chi connectivity index (χ0) is 19.3. The lowest BCUT2D eigenvalue weighted by atomic mass is 10.0. The number of nitrogens with zero attached hydrogens (tertiary/aromatic N) is 5.